The molecule has 0 aromatic heterocycles. The van der Waals surface area contributed by atoms with Gasteiger partial charge in [-0.3, -0.25) is 9.69 Å². The molecule has 2 rings (SSSR count). The van der Waals surface area contributed by atoms with Gasteiger partial charge in [0.25, 0.3) is 0 Å². The van der Waals surface area contributed by atoms with E-state index in [4.69, 9.17) is 0 Å². The summed E-state index contributed by atoms with van der Waals surface area (Å²) in [4.78, 5) is 16.4. The van der Waals surface area contributed by atoms with Crippen LogP contribution in [0, 0.1) is 0 Å². The summed E-state index contributed by atoms with van der Waals surface area (Å²) in [6, 6.07) is 6.10. The van der Waals surface area contributed by atoms with E-state index in [1.54, 1.807) is 6.92 Å². The highest BCUT2D eigenvalue weighted by Gasteiger charge is 2.15. The van der Waals surface area contributed by atoms with Gasteiger partial charge in [0.2, 0.25) is 0 Å². The van der Waals surface area contributed by atoms with Crippen molar-refractivity contribution in [3.8, 4) is 0 Å². The molecular formula is C18H26N2O. The van der Waals surface area contributed by atoms with E-state index < -0.39 is 0 Å². The number of nitrogens with zero attached hydrogens (tertiary/aromatic N) is 2. The maximum Gasteiger partial charge on any atom is 0.159 e. The topological polar surface area (TPSA) is 23.6 Å². The van der Waals surface area contributed by atoms with Gasteiger partial charge < -0.3 is 4.90 Å². The van der Waals surface area contributed by atoms with E-state index in [-0.39, 0.29) is 5.78 Å². The molecule has 1 fully saturated rings. The lowest BCUT2D eigenvalue weighted by molar-refractivity contribution is 0.101. The fourth-order valence-corrected chi connectivity index (χ4v) is 2.60. The van der Waals surface area contributed by atoms with Crippen molar-refractivity contribution in [2.45, 2.75) is 26.8 Å². The number of rotatable bonds is 5. The number of hydrogen-bond acceptors (Lipinski definition) is 3. The molecule has 1 saturated heterocycles. The van der Waals surface area contributed by atoms with Crippen LogP contribution in [0.2, 0.25) is 0 Å². The summed E-state index contributed by atoms with van der Waals surface area (Å²) in [5.74, 6) is 0.132. The zero-order chi connectivity index (χ0) is 15.2. The first-order chi connectivity index (χ1) is 10.1. The number of carbonyl (C=O) groups is 1. The van der Waals surface area contributed by atoms with Gasteiger partial charge in [-0.1, -0.05) is 31.2 Å². The van der Waals surface area contributed by atoms with E-state index in [9.17, 15) is 4.79 Å². The lowest BCUT2D eigenvalue weighted by atomic mass is 10.0. The first-order valence-corrected chi connectivity index (χ1v) is 7.81. The molecule has 3 nitrogen and oxygen atoms in total. The first-order valence-electron chi connectivity index (χ1n) is 7.81. The van der Waals surface area contributed by atoms with Crippen molar-refractivity contribution in [1.82, 2.24) is 9.80 Å². The zero-order valence-electron chi connectivity index (χ0n) is 13.4. The van der Waals surface area contributed by atoms with Crippen LogP contribution in [0.25, 0.3) is 6.08 Å². The highest BCUT2D eigenvalue weighted by atomic mass is 16.1. The summed E-state index contributed by atoms with van der Waals surface area (Å²) in [6.45, 7) is 9.21. The molecule has 1 aliphatic rings. The number of carbonyl (C=O) groups excluding carboxylic acids is 1. The van der Waals surface area contributed by atoms with Crippen LogP contribution < -0.4 is 0 Å². The van der Waals surface area contributed by atoms with E-state index in [0.29, 0.717) is 0 Å². The van der Waals surface area contributed by atoms with E-state index in [1.165, 1.54) is 11.1 Å². The Hall–Kier alpha value is -1.45. The van der Waals surface area contributed by atoms with Crippen molar-refractivity contribution in [3.05, 3.63) is 41.0 Å². The van der Waals surface area contributed by atoms with Crippen LogP contribution in [0.5, 0.6) is 0 Å². The molecule has 0 aliphatic carbocycles. The summed E-state index contributed by atoms with van der Waals surface area (Å²) >= 11 is 0. The van der Waals surface area contributed by atoms with Gasteiger partial charge in [-0.15, -0.1) is 0 Å². The van der Waals surface area contributed by atoms with E-state index in [2.05, 4.69) is 42.0 Å². The van der Waals surface area contributed by atoms with Gasteiger partial charge in [-0.2, -0.15) is 0 Å². The molecule has 21 heavy (non-hydrogen) atoms. The Labute approximate surface area is 128 Å². The number of likely N-dealkylation sites (N-methyl/N-ethyl adjacent to an activating group) is 1. The maximum atomic E-state index is 11.6. The van der Waals surface area contributed by atoms with Crippen molar-refractivity contribution in [2.75, 3.05) is 33.2 Å². The summed E-state index contributed by atoms with van der Waals surface area (Å²) in [5.41, 5.74) is 3.30. The van der Waals surface area contributed by atoms with Gasteiger partial charge in [-0.05, 0) is 37.6 Å². The minimum atomic E-state index is 0.132. The Morgan fingerprint density at radius 1 is 1.24 bits per heavy atom. The van der Waals surface area contributed by atoms with Crippen molar-refractivity contribution >= 4 is 11.9 Å². The van der Waals surface area contributed by atoms with Crippen molar-refractivity contribution in [2.24, 2.45) is 0 Å². The monoisotopic (exact) mass is 286 g/mol. The van der Waals surface area contributed by atoms with Gasteiger partial charge in [-0.25, -0.2) is 0 Å². The average molecular weight is 286 g/mol. The molecule has 0 N–H and O–H groups in total. The molecule has 3 heteroatoms. The standard InChI is InChI=1S/C18H26N2O/c1-4-5-6-17-13-16(15(2)21)7-8-18(17)14-20-11-9-19(3)10-12-20/h5-8,13H,4,9-12,14H2,1-3H3/b6-5+. The van der Waals surface area contributed by atoms with Crippen molar-refractivity contribution in [1.29, 1.82) is 0 Å². The molecule has 0 bridgehead atoms. The van der Waals surface area contributed by atoms with Crippen molar-refractivity contribution in [3.63, 3.8) is 0 Å². The summed E-state index contributed by atoms with van der Waals surface area (Å²) in [7, 11) is 2.18. The summed E-state index contributed by atoms with van der Waals surface area (Å²) < 4.78 is 0. The van der Waals surface area contributed by atoms with Gasteiger partial charge in [0, 0.05) is 38.3 Å². The van der Waals surface area contributed by atoms with Gasteiger partial charge in [0.15, 0.2) is 5.78 Å². The number of hydrogen-bond donors (Lipinski definition) is 0. The van der Waals surface area contributed by atoms with Gasteiger partial charge >= 0.3 is 0 Å². The molecule has 114 valence electrons. The van der Waals surface area contributed by atoms with Crippen LogP contribution in [-0.4, -0.2) is 48.8 Å². The molecular weight excluding hydrogens is 260 g/mol. The maximum absolute atomic E-state index is 11.6. The highest BCUT2D eigenvalue weighted by molar-refractivity contribution is 5.94. The molecule has 0 unspecified atom stereocenters. The molecule has 0 radical (unpaired) electrons. The smallest absolute Gasteiger partial charge is 0.159 e. The van der Waals surface area contributed by atoms with Crippen LogP contribution >= 0.6 is 0 Å². The quantitative estimate of drug-likeness (QED) is 0.777. The second-order valence-corrected chi connectivity index (χ2v) is 5.86. The van der Waals surface area contributed by atoms with E-state index >= 15 is 0 Å². The lowest BCUT2D eigenvalue weighted by Crippen LogP contribution is -2.43. The molecule has 1 heterocycles. The average Bonchev–Trinajstić information content (AvgIpc) is 2.48. The van der Waals surface area contributed by atoms with Gasteiger partial charge in [0.05, 0.1) is 0 Å². The Balaban J connectivity index is 2.17. The minimum Gasteiger partial charge on any atom is -0.304 e. The molecule has 0 amide bonds. The first kappa shape index (κ1) is 15.9. The minimum absolute atomic E-state index is 0.132. The molecule has 1 aromatic rings. The van der Waals surface area contributed by atoms with Crippen LogP contribution in [0.3, 0.4) is 0 Å². The lowest BCUT2D eigenvalue weighted by Gasteiger charge is -2.32. The largest absolute Gasteiger partial charge is 0.304 e. The van der Waals surface area contributed by atoms with Crippen LogP contribution in [0.4, 0.5) is 0 Å². The Morgan fingerprint density at radius 2 is 1.95 bits per heavy atom. The molecule has 1 aromatic carbocycles. The Bertz CT molecular complexity index is 514. The normalized spacial score (nSPS) is 17.5. The van der Waals surface area contributed by atoms with E-state index in [0.717, 1.165) is 44.7 Å². The number of piperazine rings is 1. The van der Waals surface area contributed by atoms with Crippen molar-refractivity contribution < 1.29 is 4.79 Å². The van der Waals surface area contributed by atoms with Gasteiger partial charge in [0.1, 0.15) is 0 Å². The number of benzene rings is 1. The SMILES string of the molecule is CC/C=C/c1cc(C(C)=O)ccc1CN1CCN(C)CC1. The summed E-state index contributed by atoms with van der Waals surface area (Å²) in [6.07, 6.45) is 5.32. The number of allylic oxidation sites excluding steroid dienone is 1. The fourth-order valence-electron chi connectivity index (χ4n) is 2.60. The molecule has 0 spiro atoms. The fraction of sp³-hybridized carbons (Fsp3) is 0.500. The second kappa shape index (κ2) is 7.53. The third kappa shape index (κ3) is 4.51. The third-order valence-electron chi connectivity index (χ3n) is 4.08. The Kier molecular flexibility index (Phi) is 5.71. The number of ketones is 1. The van der Waals surface area contributed by atoms with Crippen LogP contribution in [0.15, 0.2) is 24.3 Å². The summed E-state index contributed by atoms with van der Waals surface area (Å²) in [5, 5.41) is 0. The zero-order valence-corrected chi connectivity index (χ0v) is 13.4. The molecule has 0 saturated carbocycles. The van der Waals surface area contributed by atoms with Crippen LogP contribution in [-0.2, 0) is 6.54 Å². The molecule has 1 aliphatic heterocycles. The second-order valence-electron chi connectivity index (χ2n) is 5.86. The number of Topliss-reactive ketones (excluding diaryl/α,β-unsaturated/α-hetero) is 1. The molecule has 0 atom stereocenters. The predicted octanol–water partition coefficient (Wildman–Crippen LogP) is 3.06. The van der Waals surface area contributed by atoms with Crippen LogP contribution in [0.1, 0.15) is 41.8 Å². The third-order valence-corrected chi connectivity index (χ3v) is 4.08. The Morgan fingerprint density at radius 3 is 2.57 bits per heavy atom. The predicted molar refractivity (Wildman–Crippen MR) is 88.5 cm³/mol. The van der Waals surface area contributed by atoms with E-state index in [1.807, 2.05) is 12.1 Å². The highest BCUT2D eigenvalue weighted by Crippen LogP contribution is 2.18.